The molecule has 5 heteroatoms. The molecule has 0 spiro atoms. The second kappa shape index (κ2) is 7.14. The first-order chi connectivity index (χ1) is 13.2. The maximum Gasteiger partial charge on any atom is 0.165 e. The first kappa shape index (κ1) is 16.6. The summed E-state index contributed by atoms with van der Waals surface area (Å²) < 4.78 is 13.8. The molecule has 1 aromatic heterocycles. The molecule has 0 unspecified atom stereocenters. The molecule has 0 aliphatic carbocycles. The third-order valence-corrected chi connectivity index (χ3v) is 4.04. The Labute approximate surface area is 155 Å². The molecule has 0 aliphatic rings. The van der Waals surface area contributed by atoms with Crippen LogP contribution in [0, 0.1) is 17.1 Å². The van der Waals surface area contributed by atoms with E-state index in [-0.39, 0.29) is 5.82 Å². The predicted molar refractivity (Wildman–Crippen MR) is 101 cm³/mol. The van der Waals surface area contributed by atoms with Crippen LogP contribution in [0.25, 0.3) is 34.2 Å². The van der Waals surface area contributed by atoms with Gasteiger partial charge in [-0.05, 0) is 18.2 Å². The van der Waals surface area contributed by atoms with Crippen molar-refractivity contribution in [3.8, 4) is 40.2 Å². The van der Waals surface area contributed by atoms with E-state index in [2.05, 4.69) is 21.0 Å². The summed E-state index contributed by atoms with van der Waals surface area (Å²) in [5.74, 6) is 0.742. The van der Waals surface area contributed by atoms with E-state index in [1.807, 2.05) is 60.7 Å². The number of benzene rings is 3. The highest BCUT2D eigenvalue weighted by Gasteiger charge is 2.15. The van der Waals surface area contributed by atoms with Gasteiger partial charge in [0.25, 0.3) is 0 Å². The van der Waals surface area contributed by atoms with Crippen LogP contribution < -0.4 is 0 Å². The van der Waals surface area contributed by atoms with E-state index >= 15 is 0 Å². The minimum absolute atomic E-state index is 0.263. The van der Waals surface area contributed by atoms with E-state index in [1.54, 1.807) is 0 Å². The number of rotatable bonds is 3. The number of nitrogens with zero attached hydrogens (tertiary/aromatic N) is 4. The van der Waals surface area contributed by atoms with Crippen molar-refractivity contribution < 1.29 is 4.39 Å². The first-order valence-electron chi connectivity index (χ1n) is 8.31. The van der Waals surface area contributed by atoms with Crippen LogP contribution in [-0.4, -0.2) is 15.0 Å². The van der Waals surface area contributed by atoms with Crippen molar-refractivity contribution in [1.82, 2.24) is 15.0 Å². The molecule has 0 atom stereocenters. The average Bonchev–Trinajstić information content (AvgIpc) is 2.74. The number of aromatic nitrogens is 3. The maximum absolute atomic E-state index is 13.8. The molecule has 128 valence electrons. The average molecular weight is 352 g/mol. The number of nitriles is 1. The van der Waals surface area contributed by atoms with Crippen LogP contribution in [0.3, 0.4) is 0 Å². The Balaban J connectivity index is 1.97. The van der Waals surface area contributed by atoms with Crippen LogP contribution in [0.2, 0.25) is 0 Å². The van der Waals surface area contributed by atoms with Crippen molar-refractivity contribution in [3.63, 3.8) is 0 Å². The number of hydrogen-bond donors (Lipinski definition) is 0. The Morgan fingerprint density at radius 1 is 0.667 bits per heavy atom. The Hall–Kier alpha value is -3.91. The van der Waals surface area contributed by atoms with E-state index in [9.17, 15) is 9.65 Å². The van der Waals surface area contributed by atoms with Crippen LogP contribution in [-0.2, 0) is 0 Å². The van der Waals surface area contributed by atoms with Crippen LogP contribution >= 0.6 is 0 Å². The van der Waals surface area contributed by atoms with Crippen LogP contribution in [0.4, 0.5) is 4.39 Å². The van der Waals surface area contributed by atoms with Crippen molar-refractivity contribution in [2.45, 2.75) is 0 Å². The Morgan fingerprint density at radius 2 is 1.19 bits per heavy atom. The van der Waals surface area contributed by atoms with E-state index in [1.165, 1.54) is 18.2 Å². The van der Waals surface area contributed by atoms with E-state index in [0.717, 1.165) is 11.1 Å². The van der Waals surface area contributed by atoms with Gasteiger partial charge in [-0.3, -0.25) is 0 Å². The monoisotopic (exact) mass is 352 g/mol. The Kier molecular flexibility index (Phi) is 4.38. The van der Waals surface area contributed by atoms with Gasteiger partial charge < -0.3 is 0 Å². The molecule has 4 aromatic rings. The molecule has 0 saturated heterocycles. The smallest absolute Gasteiger partial charge is 0.165 e. The summed E-state index contributed by atoms with van der Waals surface area (Å²) in [6, 6.07) is 25.0. The van der Waals surface area contributed by atoms with Crippen molar-refractivity contribution in [2.75, 3.05) is 0 Å². The molecule has 4 nitrogen and oxygen atoms in total. The molecule has 0 bridgehead atoms. The van der Waals surface area contributed by atoms with Gasteiger partial charge in [0.05, 0.1) is 11.6 Å². The van der Waals surface area contributed by atoms with Crippen molar-refractivity contribution in [1.29, 1.82) is 5.26 Å². The second-order valence-corrected chi connectivity index (χ2v) is 5.84. The summed E-state index contributed by atoms with van der Waals surface area (Å²) in [7, 11) is 0. The summed E-state index contributed by atoms with van der Waals surface area (Å²) in [6.07, 6.45) is 0. The van der Waals surface area contributed by atoms with Crippen LogP contribution in [0.15, 0.2) is 78.9 Å². The van der Waals surface area contributed by atoms with Gasteiger partial charge in [-0.25, -0.2) is 19.3 Å². The van der Waals surface area contributed by atoms with E-state index in [0.29, 0.717) is 22.8 Å². The minimum Gasteiger partial charge on any atom is -0.208 e. The normalized spacial score (nSPS) is 10.4. The van der Waals surface area contributed by atoms with Gasteiger partial charge in [0.2, 0.25) is 0 Å². The molecule has 0 aliphatic heterocycles. The van der Waals surface area contributed by atoms with Crippen LogP contribution in [0.1, 0.15) is 5.56 Å². The standard InChI is InChI=1S/C22H13FN4/c23-18-12-11-17(14-24)19(13-18)22-26-20(15-7-3-1-4-8-15)25-21(27-22)16-9-5-2-6-10-16/h1-13H. The zero-order chi connectivity index (χ0) is 18.6. The molecule has 3 aromatic carbocycles. The van der Waals surface area contributed by atoms with E-state index in [4.69, 9.17) is 0 Å². The highest BCUT2D eigenvalue weighted by atomic mass is 19.1. The molecule has 0 fully saturated rings. The van der Waals surface area contributed by atoms with Gasteiger partial charge in [-0.1, -0.05) is 60.7 Å². The summed E-state index contributed by atoms with van der Waals surface area (Å²) in [5.41, 5.74) is 2.27. The Bertz CT molecular complexity index is 1080. The molecule has 4 rings (SSSR count). The SMILES string of the molecule is N#Cc1ccc(F)cc1-c1nc(-c2ccccc2)nc(-c2ccccc2)n1. The fraction of sp³-hybridized carbons (Fsp3) is 0. The topological polar surface area (TPSA) is 62.5 Å². The third-order valence-electron chi connectivity index (χ3n) is 4.04. The minimum atomic E-state index is -0.452. The van der Waals surface area contributed by atoms with Crippen molar-refractivity contribution in [2.24, 2.45) is 0 Å². The number of halogens is 1. The summed E-state index contributed by atoms with van der Waals surface area (Å²) in [6.45, 7) is 0. The lowest BCUT2D eigenvalue weighted by Gasteiger charge is -2.09. The lowest BCUT2D eigenvalue weighted by Crippen LogP contribution is -2.01. The maximum atomic E-state index is 13.8. The molecule has 0 N–H and O–H groups in total. The number of hydrogen-bond acceptors (Lipinski definition) is 4. The van der Waals surface area contributed by atoms with Gasteiger partial charge in [-0.15, -0.1) is 0 Å². The molecule has 0 saturated carbocycles. The summed E-state index contributed by atoms with van der Waals surface area (Å²) in [4.78, 5) is 13.6. The Morgan fingerprint density at radius 3 is 1.70 bits per heavy atom. The fourth-order valence-corrected chi connectivity index (χ4v) is 2.73. The van der Waals surface area contributed by atoms with Gasteiger partial charge >= 0.3 is 0 Å². The molecular formula is C22H13FN4. The van der Waals surface area contributed by atoms with Gasteiger partial charge in [-0.2, -0.15) is 5.26 Å². The fourth-order valence-electron chi connectivity index (χ4n) is 2.73. The summed E-state index contributed by atoms with van der Waals surface area (Å²) in [5, 5.41) is 9.40. The molecule has 27 heavy (non-hydrogen) atoms. The molecular weight excluding hydrogens is 339 g/mol. The molecule has 0 amide bonds. The first-order valence-corrected chi connectivity index (χ1v) is 8.31. The van der Waals surface area contributed by atoms with Crippen molar-refractivity contribution in [3.05, 3.63) is 90.2 Å². The highest BCUT2D eigenvalue weighted by Crippen LogP contribution is 2.26. The van der Waals surface area contributed by atoms with E-state index < -0.39 is 5.82 Å². The van der Waals surface area contributed by atoms with Crippen LogP contribution in [0.5, 0.6) is 0 Å². The quantitative estimate of drug-likeness (QED) is 0.527. The third kappa shape index (κ3) is 3.42. The molecule has 1 heterocycles. The van der Waals surface area contributed by atoms with Gasteiger partial charge in [0, 0.05) is 16.7 Å². The van der Waals surface area contributed by atoms with Crippen molar-refractivity contribution >= 4 is 0 Å². The predicted octanol–water partition coefficient (Wildman–Crippen LogP) is 4.88. The summed E-state index contributed by atoms with van der Waals surface area (Å²) >= 11 is 0. The second-order valence-electron chi connectivity index (χ2n) is 5.84. The van der Waals surface area contributed by atoms with Gasteiger partial charge in [0.1, 0.15) is 5.82 Å². The highest BCUT2D eigenvalue weighted by molar-refractivity contribution is 5.69. The zero-order valence-corrected chi connectivity index (χ0v) is 14.2. The molecule has 0 radical (unpaired) electrons. The lowest BCUT2D eigenvalue weighted by atomic mass is 10.1. The largest absolute Gasteiger partial charge is 0.208 e. The zero-order valence-electron chi connectivity index (χ0n) is 14.2. The lowest BCUT2D eigenvalue weighted by molar-refractivity contribution is 0.628. The van der Waals surface area contributed by atoms with Gasteiger partial charge in [0.15, 0.2) is 17.5 Å².